The molecule has 0 unspecified atom stereocenters. The lowest BCUT2D eigenvalue weighted by Gasteiger charge is -2.18. The molecule has 132 valence electrons. The van der Waals surface area contributed by atoms with E-state index in [1.54, 1.807) is 12.1 Å². The minimum Gasteiger partial charge on any atom is -0.484 e. The van der Waals surface area contributed by atoms with Gasteiger partial charge in [0.1, 0.15) is 10.8 Å². The Morgan fingerprint density at radius 2 is 2.08 bits per heavy atom. The number of ether oxygens (including phenoxy) is 1. The summed E-state index contributed by atoms with van der Waals surface area (Å²) < 4.78 is 6.41. The van der Waals surface area contributed by atoms with E-state index in [0.717, 1.165) is 34.2 Å². The highest BCUT2D eigenvalue weighted by Gasteiger charge is 2.27. The van der Waals surface area contributed by atoms with Crippen molar-refractivity contribution in [3.63, 3.8) is 0 Å². The summed E-state index contributed by atoms with van der Waals surface area (Å²) in [6.45, 7) is 2.07. The number of nitrogens with two attached hydrogens (primary N) is 1. The first-order chi connectivity index (χ1) is 11.9. The van der Waals surface area contributed by atoms with E-state index in [-0.39, 0.29) is 12.5 Å². The van der Waals surface area contributed by atoms with Crippen molar-refractivity contribution in [3.8, 4) is 5.75 Å². The number of fused-ring (bicyclic) bond motifs is 1. The van der Waals surface area contributed by atoms with Crippen LogP contribution in [-0.4, -0.2) is 18.4 Å². The highest BCUT2D eigenvalue weighted by atomic mass is 79.9. The van der Waals surface area contributed by atoms with E-state index in [4.69, 9.17) is 10.5 Å². The van der Waals surface area contributed by atoms with E-state index in [1.165, 1.54) is 11.3 Å². The largest absolute Gasteiger partial charge is 0.484 e. The van der Waals surface area contributed by atoms with Crippen LogP contribution < -0.4 is 15.8 Å². The van der Waals surface area contributed by atoms with Crippen molar-refractivity contribution in [2.45, 2.75) is 26.2 Å². The zero-order valence-electron chi connectivity index (χ0n) is 13.8. The van der Waals surface area contributed by atoms with Crippen molar-refractivity contribution in [1.82, 2.24) is 0 Å². The number of carbonyl (C=O) groups is 2. The smallest absolute Gasteiger partial charge is 0.262 e. The Hall–Kier alpha value is -1.86. The van der Waals surface area contributed by atoms with E-state index in [0.29, 0.717) is 22.2 Å². The zero-order valence-corrected chi connectivity index (χ0v) is 16.2. The number of amides is 2. The normalized spacial score (nSPS) is 16.2. The molecule has 1 aromatic heterocycles. The molecular formula is C18H19BrN2O3S. The molecule has 0 radical (unpaired) electrons. The molecular weight excluding hydrogens is 404 g/mol. The monoisotopic (exact) mass is 422 g/mol. The van der Waals surface area contributed by atoms with Gasteiger partial charge in [0.05, 0.1) is 5.56 Å². The highest BCUT2D eigenvalue weighted by molar-refractivity contribution is 9.10. The molecule has 7 heteroatoms. The first kappa shape index (κ1) is 17.9. The Balaban J connectivity index is 1.70. The second kappa shape index (κ2) is 7.58. The van der Waals surface area contributed by atoms with Gasteiger partial charge in [0.15, 0.2) is 6.61 Å². The summed E-state index contributed by atoms with van der Waals surface area (Å²) in [5, 5.41) is 3.33. The van der Waals surface area contributed by atoms with Crippen LogP contribution in [0.4, 0.5) is 5.00 Å². The molecule has 3 N–H and O–H groups in total. The maximum Gasteiger partial charge on any atom is 0.262 e. The summed E-state index contributed by atoms with van der Waals surface area (Å²) in [7, 11) is 0. The van der Waals surface area contributed by atoms with Crippen LogP contribution in [0.2, 0.25) is 0 Å². The molecule has 0 aliphatic heterocycles. The van der Waals surface area contributed by atoms with Gasteiger partial charge in [-0.25, -0.2) is 0 Å². The number of hydrogen-bond acceptors (Lipinski definition) is 4. The molecule has 0 bridgehead atoms. The van der Waals surface area contributed by atoms with Crippen LogP contribution in [-0.2, 0) is 17.6 Å². The second-order valence-electron chi connectivity index (χ2n) is 6.21. The number of carbonyl (C=O) groups excluding carboxylic acids is 2. The van der Waals surface area contributed by atoms with Gasteiger partial charge in [-0.3, -0.25) is 9.59 Å². The van der Waals surface area contributed by atoms with Crippen molar-refractivity contribution in [2.75, 3.05) is 11.9 Å². The van der Waals surface area contributed by atoms with E-state index < -0.39 is 5.91 Å². The quantitative estimate of drug-likeness (QED) is 0.769. The Morgan fingerprint density at radius 3 is 2.76 bits per heavy atom. The maximum absolute atomic E-state index is 12.2. The number of rotatable bonds is 5. The summed E-state index contributed by atoms with van der Waals surface area (Å²) in [4.78, 5) is 25.2. The maximum atomic E-state index is 12.2. The van der Waals surface area contributed by atoms with Gasteiger partial charge in [-0.1, -0.05) is 22.9 Å². The molecule has 1 aliphatic carbocycles. The van der Waals surface area contributed by atoms with Crippen molar-refractivity contribution in [2.24, 2.45) is 11.7 Å². The number of hydrogen-bond donors (Lipinski definition) is 2. The summed E-state index contributed by atoms with van der Waals surface area (Å²) in [5.74, 6) is 0.386. The van der Waals surface area contributed by atoms with Crippen LogP contribution in [0, 0.1) is 5.92 Å². The standard InChI is InChI=1S/C18H19BrN2O3S/c1-10-2-7-13-14(8-10)25-18(16(13)17(20)23)21-15(22)9-24-12-5-3-11(19)4-6-12/h3-6,10H,2,7-9H2,1H3,(H2,20,23)(H,21,22)/t10-/m0/s1. The van der Waals surface area contributed by atoms with Crippen molar-refractivity contribution in [3.05, 3.63) is 44.7 Å². The molecule has 3 rings (SSSR count). The van der Waals surface area contributed by atoms with E-state index in [9.17, 15) is 9.59 Å². The third kappa shape index (κ3) is 4.22. The molecule has 2 amide bonds. The Bertz CT molecular complexity index is 801. The third-order valence-corrected chi connectivity index (χ3v) is 5.89. The number of primary amides is 1. The minimum absolute atomic E-state index is 0.126. The summed E-state index contributed by atoms with van der Waals surface area (Å²) >= 11 is 4.80. The molecule has 2 aromatic rings. The predicted molar refractivity (Wildman–Crippen MR) is 102 cm³/mol. The molecule has 0 fully saturated rings. The van der Waals surface area contributed by atoms with Crippen LogP contribution >= 0.6 is 27.3 Å². The van der Waals surface area contributed by atoms with Gasteiger partial charge >= 0.3 is 0 Å². The predicted octanol–water partition coefficient (Wildman–Crippen LogP) is 3.75. The molecule has 1 heterocycles. The molecule has 25 heavy (non-hydrogen) atoms. The van der Waals surface area contributed by atoms with Gasteiger partial charge in [-0.15, -0.1) is 11.3 Å². The van der Waals surface area contributed by atoms with Crippen molar-refractivity contribution in [1.29, 1.82) is 0 Å². The summed E-state index contributed by atoms with van der Waals surface area (Å²) in [6.07, 6.45) is 2.78. The zero-order chi connectivity index (χ0) is 18.0. The molecule has 1 atom stereocenters. The Kier molecular flexibility index (Phi) is 5.44. The first-order valence-electron chi connectivity index (χ1n) is 8.06. The topological polar surface area (TPSA) is 81.4 Å². The van der Waals surface area contributed by atoms with Gasteiger partial charge in [-0.05, 0) is 55.0 Å². The number of nitrogens with one attached hydrogen (secondary N) is 1. The van der Waals surface area contributed by atoms with Gasteiger partial charge in [0.2, 0.25) is 0 Å². The summed E-state index contributed by atoms with van der Waals surface area (Å²) in [5.41, 5.74) is 7.02. The molecule has 0 saturated carbocycles. The van der Waals surface area contributed by atoms with E-state index >= 15 is 0 Å². The van der Waals surface area contributed by atoms with Gasteiger partial charge in [0, 0.05) is 9.35 Å². The van der Waals surface area contributed by atoms with Crippen LogP contribution in [0.3, 0.4) is 0 Å². The first-order valence-corrected chi connectivity index (χ1v) is 9.67. The Labute approximate surface area is 158 Å². The number of halogens is 1. The Morgan fingerprint density at radius 1 is 1.36 bits per heavy atom. The number of anilines is 1. The van der Waals surface area contributed by atoms with Crippen LogP contribution in [0.5, 0.6) is 5.75 Å². The van der Waals surface area contributed by atoms with Crippen molar-refractivity contribution < 1.29 is 14.3 Å². The molecule has 5 nitrogen and oxygen atoms in total. The fraction of sp³-hybridized carbons (Fsp3) is 0.333. The molecule has 0 spiro atoms. The molecule has 0 saturated heterocycles. The SMILES string of the molecule is C[C@H]1CCc2c(sc(NC(=O)COc3ccc(Br)cc3)c2C(N)=O)C1. The fourth-order valence-electron chi connectivity index (χ4n) is 2.94. The lowest BCUT2D eigenvalue weighted by atomic mass is 9.88. The highest BCUT2D eigenvalue weighted by Crippen LogP contribution is 2.39. The summed E-state index contributed by atoms with van der Waals surface area (Å²) in [6, 6.07) is 7.23. The van der Waals surface area contributed by atoms with Crippen molar-refractivity contribution >= 4 is 44.1 Å². The van der Waals surface area contributed by atoms with Crippen LogP contribution in [0.25, 0.3) is 0 Å². The average molecular weight is 423 g/mol. The van der Waals surface area contributed by atoms with Crippen LogP contribution in [0.1, 0.15) is 34.1 Å². The minimum atomic E-state index is -0.490. The number of thiophene rings is 1. The molecule has 1 aliphatic rings. The van der Waals surface area contributed by atoms with Gasteiger partial charge < -0.3 is 15.8 Å². The van der Waals surface area contributed by atoms with Gasteiger partial charge in [0.25, 0.3) is 11.8 Å². The molecule has 1 aromatic carbocycles. The lowest BCUT2D eigenvalue weighted by Crippen LogP contribution is -2.22. The average Bonchev–Trinajstić information content (AvgIpc) is 2.91. The second-order valence-corrected chi connectivity index (χ2v) is 8.23. The van der Waals surface area contributed by atoms with Gasteiger partial charge in [-0.2, -0.15) is 0 Å². The lowest BCUT2D eigenvalue weighted by molar-refractivity contribution is -0.118. The third-order valence-electron chi connectivity index (χ3n) is 4.19. The number of benzene rings is 1. The van der Waals surface area contributed by atoms with Crippen LogP contribution in [0.15, 0.2) is 28.7 Å². The fourth-order valence-corrected chi connectivity index (χ4v) is 4.64. The van der Waals surface area contributed by atoms with E-state index in [2.05, 4.69) is 28.2 Å². The van der Waals surface area contributed by atoms with E-state index in [1.807, 2.05) is 12.1 Å².